The van der Waals surface area contributed by atoms with Gasteiger partial charge in [-0.1, -0.05) is 6.08 Å². The van der Waals surface area contributed by atoms with Crippen LogP contribution in [0.2, 0.25) is 0 Å². The van der Waals surface area contributed by atoms with Gasteiger partial charge in [0.15, 0.2) is 12.4 Å². The van der Waals surface area contributed by atoms with Gasteiger partial charge in [-0.3, -0.25) is 0 Å². The van der Waals surface area contributed by atoms with Gasteiger partial charge in [0.2, 0.25) is 0 Å². The van der Waals surface area contributed by atoms with E-state index < -0.39 is 0 Å². The van der Waals surface area contributed by atoms with Gasteiger partial charge in [-0.2, -0.15) is 4.73 Å². The Morgan fingerprint density at radius 2 is 2.50 bits per heavy atom. The van der Waals surface area contributed by atoms with Crippen LogP contribution in [0.25, 0.3) is 0 Å². The Morgan fingerprint density at radius 3 is 3.10 bits per heavy atom. The minimum atomic E-state index is 0.753. The van der Waals surface area contributed by atoms with Gasteiger partial charge < -0.3 is 5.21 Å². The molecule has 0 aliphatic heterocycles. The minimum Gasteiger partial charge on any atom is -0.619 e. The smallest absolute Gasteiger partial charge is 0.183 e. The lowest BCUT2D eigenvalue weighted by atomic mass is 10.2. The lowest BCUT2D eigenvalue weighted by Gasteiger charge is -1.96. The minimum absolute atomic E-state index is 0.753. The van der Waals surface area contributed by atoms with Gasteiger partial charge >= 0.3 is 0 Å². The molecule has 0 aromatic carbocycles. The molecule has 0 N–H and O–H groups in total. The lowest BCUT2D eigenvalue weighted by molar-refractivity contribution is -0.605. The summed E-state index contributed by atoms with van der Waals surface area (Å²) in [5.74, 6) is 0. The summed E-state index contributed by atoms with van der Waals surface area (Å²) in [6, 6.07) is 3.63. The number of allylic oxidation sites excluding steroid dienone is 1. The predicted molar refractivity (Wildman–Crippen MR) is 39.3 cm³/mol. The van der Waals surface area contributed by atoms with Crippen molar-refractivity contribution in [2.24, 2.45) is 0 Å². The summed E-state index contributed by atoms with van der Waals surface area (Å²) in [6.07, 6.45) is 5.53. The molecule has 0 saturated carbocycles. The fourth-order valence-corrected chi connectivity index (χ4v) is 0.788. The van der Waals surface area contributed by atoms with E-state index in [0.29, 0.717) is 0 Å². The number of aromatic nitrogens is 1. The normalized spacial score (nSPS) is 9.20. The number of pyridine rings is 1. The molecule has 1 rings (SSSR count). The van der Waals surface area contributed by atoms with Crippen LogP contribution in [0.5, 0.6) is 0 Å². The molecule has 0 fully saturated rings. The van der Waals surface area contributed by atoms with Crippen LogP contribution in [0.15, 0.2) is 37.2 Å². The maximum absolute atomic E-state index is 10.6. The second kappa shape index (κ2) is 3.01. The van der Waals surface area contributed by atoms with Crippen molar-refractivity contribution in [1.29, 1.82) is 0 Å². The SMILES string of the molecule is C=CCc1ccc[n+]([O-])c1. The summed E-state index contributed by atoms with van der Waals surface area (Å²) in [6.45, 7) is 3.57. The summed E-state index contributed by atoms with van der Waals surface area (Å²) in [5.41, 5.74) is 0.993. The predicted octanol–water partition coefficient (Wildman–Crippen LogP) is 1.05. The maximum Gasteiger partial charge on any atom is 0.183 e. The zero-order chi connectivity index (χ0) is 7.40. The molecule has 0 amide bonds. The van der Waals surface area contributed by atoms with Crippen LogP contribution in [-0.4, -0.2) is 0 Å². The van der Waals surface area contributed by atoms with Gasteiger partial charge in [-0.15, -0.1) is 6.58 Å². The van der Waals surface area contributed by atoms with E-state index >= 15 is 0 Å². The molecule has 10 heavy (non-hydrogen) atoms. The van der Waals surface area contributed by atoms with Crippen LogP contribution in [0.1, 0.15) is 5.56 Å². The molecule has 52 valence electrons. The Balaban J connectivity index is 2.84. The highest BCUT2D eigenvalue weighted by atomic mass is 16.5. The van der Waals surface area contributed by atoms with Crippen LogP contribution in [0.3, 0.4) is 0 Å². The number of rotatable bonds is 2. The van der Waals surface area contributed by atoms with E-state index in [-0.39, 0.29) is 0 Å². The Labute approximate surface area is 60.0 Å². The first-order chi connectivity index (χ1) is 4.83. The monoisotopic (exact) mass is 135 g/mol. The summed E-state index contributed by atoms with van der Waals surface area (Å²) in [5, 5.41) is 10.6. The molecule has 0 saturated heterocycles. The number of nitrogens with zero attached hydrogens (tertiary/aromatic N) is 1. The van der Waals surface area contributed by atoms with Crippen LogP contribution in [-0.2, 0) is 6.42 Å². The molecule has 1 aromatic heterocycles. The number of hydrogen-bond donors (Lipinski definition) is 0. The van der Waals surface area contributed by atoms with E-state index in [0.717, 1.165) is 16.7 Å². The molecule has 0 unspecified atom stereocenters. The van der Waals surface area contributed by atoms with Crippen molar-refractivity contribution in [3.05, 3.63) is 48.0 Å². The van der Waals surface area contributed by atoms with Gasteiger partial charge in [0.25, 0.3) is 0 Å². The molecule has 0 bridgehead atoms. The quantitative estimate of drug-likeness (QED) is 0.338. The largest absolute Gasteiger partial charge is 0.619 e. The Kier molecular flexibility index (Phi) is 2.05. The van der Waals surface area contributed by atoms with E-state index in [1.807, 2.05) is 6.07 Å². The third-order valence-corrected chi connectivity index (χ3v) is 1.22. The Bertz CT molecular complexity index is 232. The van der Waals surface area contributed by atoms with E-state index in [1.165, 1.54) is 6.20 Å². The van der Waals surface area contributed by atoms with E-state index in [9.17, 15) is 5.21 Å². The van der Waals surface area contributed by atoms with Crippen molar-refractivity contribution < 1.29 is 4.73 Å². The topological polar surface area (TPSA) is 26.9 Å². The molecule has 1 aromatic rings. The van der Waals surface area contributed by atoms with Crippen molar-refractivity contribution in [3.63, 3.8) is 0 Å². The molecule has 0 aliphatic rings. The Morgan fingerprint density at radius 1 is 1.70 bits per heavy atom. The average Bonchev–Trinajstić information content (AvgIpc) is 1.88. The van der Waals surface area contributed by atoms with Crippen LogP contribution >= 0.6 is 0 Å². The maximum atomic E-state index is 10.6. The standard InChI is InChI=1S/C8H9NO/c1-2-4-8-5-3-6-9(10)7-8/h2-3,5-7H,1,4H2. The first kappa shape index (κ1) is 6.81. The van der Waals surface area contributed by atoms with Crippen LogP contribution < -0.4 is 4.73 Å². The molecular formula is C8H9NO. The molecule has 0 aliphatic carbocycles. The van der Waals surface area contributed by atoms with Gasteiger partial charge in [0, 0.05) is 11.6 Å². The molecule has 2 nitrogen and oxygen atoms in total. The van der Waals surface area contributed by atoms with E-state index in [2.05, 4.69) is 6.58 Å². The fraction of sp³-hybridized carbons (Fsp3) is 0.125. The van der Waals surface area contributed by atoms with Crippen LogP contribution in [0.4, 0.5) is 0 Å². The van der Waals surface area contributed by atoms with Crippen molar-refractivity contribution in [2.75, 3.05) is 0 Å². The summed E-state index contributed by atoms with van der Waals surface area (Å²) in [7, 11) is 0. The zero-order valence-corrected chi connectivity index (χ0v) is 5.66. The Hall–Kier alpha value is -1.31. The zero-order valence-electron chi connectivity index (χ0n) is 5.66. The lowest BCUT2D eigenvalue weighted by Crippen LogP contribution is -2.24. The van der Waals surface area contributed by atoms with Gasteiger partial charge in [0.05, 0.1) is 0 Å². The van der Waals surface area contributed by atoms with Crippen molar-refractivity contribution in [2.45, 2.75) is 6.42 Å². The fourth-order valence-electron chi connectivity index (χ4n) is 0.788. The third kappa shape index (κ3) is 1.58. The summed E-state index contributed by atoms with van der Waals surface area (Å²) >= 11 is 0. The van der Waals surface area contributed by atoms with Crippen LogP contribution in [0, 0.1) is 5.21 Å². The summed E-state index contributed by atoms with van der Waals surface area (Å²) in [4.78, 5) is 0. The molecule has 2 heteroatoms. The van der Waals surface area contributed by atoms with Gasteiger partial charge in [-0.25, -0.2) is 0 Å². The van der Waals surface area contributed by atoms with Crippen molar-refractivity contribution in [1.82, 2.24) is 0 Å². The van der Waals surface area contributed by atoms with Crippen molar-refractivity contribution >= 4 is 0 Å². The second-order valence-electron chi connectivity index (χ2n) is 2.06. The van der Waals surface area contributed by atoms with E-state index in [1.54, 1.807) is 18.3 Å². The highest BCUT2D eigenvalue weighted by Crippen LogP contribution is 1.94. The van der Waals surface area contributed by atoms with Gasteiger partial charge in [0.1, 0.15) is 0 Å². The first-order valence-electron chi connectivity index (χ1n) is 3.11. The molecular weight excluding hydrogens is 126 g/mol. The molecule has 1 heterocycles. The second-order valence-corrected chi connectivity index (χ2v) is 2.06. The first-order valence-corrected chi connectivity index (χ1v) is 3.11. The molecule has 0 radical (unpaired) electrons. The highest BCUT2D eigenvalue weighted by Gasteiger charge is 1.91. The number of hydrogen-bond acceptors (Lipinski definition) is 1. The molecule has 0 spiro atoms. The molecule has 0 atom stereocenters. The highest BCUT2D eigenvalue weighted by molar-refractivity contribution is 5.08. The third-order valence-electron chi connectivity index (χ3n) is 1.22. The van der Waals surface area contributed by atoms with E-state index in [4.69, 9.17) is 0 Å². The van der Waals surface area contributed by atoms with Gasteiger partial charge in [-0.05, 0) is 12.5 Å². The van der Waals surface area contributed by atoms with Crippen molar-refractivity contribution in [3.8, 4) is 0 Å². The average molecular weight is 135 g/mol. The summed E-state index contributed by atoms with van der Waals surface area (Å²) < 4.78 is 0.791.